The summed E-state index contributed by atoms with van der Waals surface area (Å²) in [4.78, 5) is 4.65. The third-order valence-electron chi connectivity index (χ3n) is 9.84. The predicted molar refractivity (Wildman–Crippen MR) is 201 cm³/mol. The normalized spacial score (nSPS) is 13.0. The van der Waals surface area contributed by atoms with E-state index in [0.717, 1.165) is 56.1 Å². The number of furan rings is 1. The van der Waals surface area contributed by atoms with Crippen LogP contribution in [0.1, 0.15) is 25.0 Å². The van der Waals surface area contributed by atoms with E-state index in [1.165, 1.54) is 22.3 Å². The third-order valence-corrected chi connectivity index (χ3v) is 9.84. The molecular formula is C45H34N2O. The van der Waals surface area contributed by atoms with Crippen LogP contribution < -0.4 is 9.80 Å². The fraction of sp³-hybridized carbons (Fsp3) is 0.0667. The van der Waals surface area contributed by atoms with Gasteiger partial charge in [-0.25, -0.2) is 0 Å². The minimum absolute atomic E-state index is 0.0813. The average Bonchev–Trinajstić information content (AvgIpc) is 3.63. The SMILES string of the molecule is CC1(C)c2ccccc2-c2ccc(N(c3ccccc3)c3ccc(N(c4ccccc4)c4cccc5c4oc4ccccc45)cc3)cc21. The molecule has 0 saturated carbocycles. The van der Waals surface area contributed by atoms with Gasteiger partial charge in [-0.15, -0.1) is 0 Å². The van der Waals surface area contributed by atoms with Crippen molar-refractivity contribution in [2.24, 2.45) is 0 Å². The van der Waals surface area contributed by atoms with Gasteiger partial charge in [0.1, 0.15) is 5.58 Å². The van der Waals surface area contributed by atoms with E-state index < -0.39 is 0 Å². The van der Waals surface area contributed by atoms with Crippen molar-refractivity contribution in [3.63, 3.8) is 0 Å². The molecule has 0 unspecified atom stereocenters. The maximum Gasteiger partial charge on any atom is 0.159 e. The zero-order chi connectivity index (χ0) is 32.2. The van der Waals surface area contributed by atoms with E-state index in [0.29, 0.717) is 0 Å². The highest BCUT2D eigenvalue weighted by molar-refractivity contribution is 6.10. The van der Waals surface area contributed by atoms with Gasteiger partial charge >= 0.3 is 0 Å². The molecule has 48 heavy (non-hydrogen) atoms. The van der Waals surface area contributed by atoms with Crippen molar-refractivity contribution in [3.8, 4) is 11.1 Å². The lowest BCUT2D eigenvalue weighted by atomic mass is 9.82. The van der Waals surface area contributed by atoms with Crippen LogP contribution >= 0.6 is 0 Å². The van der Waals surface area contributed by atoms with Gasteiger partial charge in [-0.05, 0) is 95.1 Å². The Morgan fingerprint density at radius 2 is 0.958 bits per heavy atom. The van der Waals surface area contributed by atoms with E-state index in [4.69, 9.17) is 4.42 Å². The molecule has 0 atom stereocenters. The van der Waals surface area contributed by atoms with Crippen LogP contribution in [-0.2, 0) is 5.41 Å². The van der Waals surface area contributed by atoms with Gasteiger partial charge in [0, 0.05) is 44.6 Å². The van der Waals surface area contributed by atoms with Crippen molar-refractivity contribution in [3.05, 3.63) is 181 Å². The van der Waals surface area contributed by atoms with E-state index in [1.807, 2.05) is 12.1 Å². The van der Waals surface area contributed by atoms with E-state index in [9.17, 15) is 0 Å². The van der Waals surface area contributed by atoms with Crippen LogP contribution in [0, 0.1) is 0 Å². The summed E-state index contributed by atoms with van der Waals surface area (Å²) in [5, 5.41) is 2.23. The Labute approximate surface area is 280 Å². The van der Waals surface area contributed by atoms with Gasteiger partial charge in [-0.1, -0.05) is 111 Å². The van der Waals surface area contributed by atoms with Crippen LogP contribution in [-0.4, -0.2) is 0 Å². The van der Waals surface area contributed by atoms with Crippen molar-refractivity contribution < 1.29 is 4.42 Å². The van der Waals surface area contributed by atoms with Crippen LogP contribution in [0.3, 0.4) is 0 Å². The summed E-state index contributed by atoms with van der Waals surface area (Å²) in [6.07, 6.45) is 0. The Morgan fingerprint density at radius 1 is 0.417 bits per heavy atom. The van der Waals surface area contributed by atoms with Crippen LogP contribution in [0.15, 0.2) is 174 Å². The van der Waals surface area contributed by atoms with Gasteiger partial charge < -0.3 is 14.2 Å². The molecule has 3 heteroatoms. The standard InChI is InChI=1S/C45H34N2O/c1-45(2)40-21-11-9-18-36(40)37-29-28-35(30-41(37)45)46(31-14-5-3-6-15-31)33-24-26-34(27-25-33)47(32-16-7-4-8-17-32)42-22-13-20-39-38-19-10-12-23-43(38)48-44(39)42/h3-30H,1-2H3. The molecule has 230 valence electrons. The highest BCUT2D eigenvalue weighted by Crippen LogP contribution is 2.51. The van der Waals surface area contributed by atoms with E-state index >= 15 is 0 Å². The maximum absolute atomic E-state index is 6.51. The molecule has 0 N–H and O–H groups in total. The van der Waals surface area contributed by atoms with E-state index in [1.54, 1.807) is 0 Å². The number of para-hydroxylation sites is 4. The highest BCUT2D eigenvalue weighted by atomic mass is 16.3. The molecule has 1 aliphatic rings. The molecule has 0 amide bonds. The molecule has 9 rings (SSSR count). The second-order valence-corrected chi connectivity index (χ2v) is 13.0. The van der Waals surface area contributed by atoms with Gasteiger partial charge in [0.2, 0.25) is 0 Å². The maximum atomic E-state index is 6.51. The van der Waals surface area contributed by atoms with Crippen molar-refractivity contribution in [1.29, 1.82) is 0 Å². The predicted octanol–water partition coefficient (Wildman–Crippen LogP) is 12.8. The molecule has 0 saturated heterocycles. The van der Waals surface area contributed by atoms with Crippen molar-refractivity contribution >= 4 is 56.1 Å². The first-order valence-electron chi connectivity index (χ1n) is 16.5. The van der Waals surface area contributed by atoms with Crippen LogP contribution in [0.2, 0.25) is 0 Å². The molecule has 8 aromatic rings. The lowest BCUT2D eigenvalue weighted by Gasteiger charge is -2.29. The minimum atomic E-state index is -0.0813. The van der Waals surface area contributed by atoms with E-state index in [2.05, 4.69) is 181 Å². The summed E-state index contributed by atoms with van der Waals surface area (Å²) in [7, 11) is 0. The summed E-state index contributed by atoms with van der Waals surface area (Å²) >= 11 is 0. The lowest BCUT2D eigenvalue weighted by Crippen LogP contribution is -2.16. The quantitative estimate of drug-likeness (QED) is 0.185. The van der Waals surface area contributed by atoms with Gasteiger partial charge in [0.15, 0.2) is 5.58 Å². The Morgan fingerprint density at radius 3 is 1.71 bits per heavy atom. The van der Waals surface area contributed by atoms with Gasteiger partial charge in [0.25, 0.3) is 0 Å². The molecule has 1 aromatic heterocycles. The van der Waals surface area contributed by atoms with Crippen LogP contribution in [0.25, 0.3) is 33.1 Å². The number of benzene rings is 7. The van der Waals surface area contributed by atoms with Gasteiger partial charge in [-0.3, -0.25) is 0 Å². The molecule has 1 heterocycles. The molecule has 0 radical (unpaired) electrons. The summed E-state index contributed by atoms with van der Waals surface area (Å²) in [5.41, 5.74) is 13.5. The van der Waals surface area contributed by atoms with E-state index in [-0.39, 0.29) is 5.41 Å². The fourth-order valence-electron chi connectivity index (χ4n) is 7.52. The monoisotopic (exact) mass is 618 g/mol. The zero-order valence-electron chi connectivity index (χ0n) is 27.0. The molecule has 1 aliphatic carbocycles. The number of hydrogen-bond donors (Lipinski definition) is 0. The smallest absolute Gasteiger partial charge is 0.159 e. The summed E-state index contributed by atoms with van der Waals surface area (Å²) < 4.78 is 6.51. The topological polar surface area (TPSA) is 19.6 Å². The summed E-state index contributed by atoms with van der Waals surface area (Å²) in [6, 6.07) is 60.5. The molecule has 0 bridgehead atoms. The van der Waals surface area contributed by atoms with Crippen molar-refractivity contribution in [1.82, 2.24) is 0 Å². The molecular weight excluding hydrogens is 585 g/mol. The summed E-state index contributed by atoms with van der Waals surface area (Å²) in [5.74, 6) is 0. The number of rotatable bonds is 6. The highest BCUT2D eigenvalue weighted by Gasteiger charge is 2.35. The Hall–Kier alpha value is -6.06. The largest absolute Gasteiger partial charge is 0.454 e. The molecule has 7 aromatic carbocycles. The van der Waals surface area contributed by atoms with Crippen molar-refractivity contribution in [2.45, 2.75) is 19.3 Å². The number of nitrogens with zero attached hydrogens (tertiary/aromatic N) is 2. The Balaban J connectivity index is 1.17. The first-order valence-corrected chi connectivity index (χ1v) is 16.5. The first-order chi connectivity index (χ1) is 23.6. The van der Waals surface area contributed by atoms with Gasteiger partial charge in [-0.2, -0.15) is 0 Å². The second-order valence-electron chi connectivity index (χ2n) is 13.0. The Bertz CT molecular complexity index is 2420. The van der Waals surface area contributed by atoms with Crippen molar-refractivity contribution in [2.75, 3.05) is 9.80 Å². The fourth-order valence-corrected chi connectivity index (χ4v) is 7.52. The molecule has 0 aliphatic heterocycles. The van der Waals surface area contributed by atoms with Crippen LogP contribution in [0.4, 0.5) is 34.1 Å². The molecule has 3 nitrogen and oxygen atoms in total. The lowest BCUT2D eigenvalue weighted by molar-refractivity contribution is 0.660. The average molecular weight is 619 g/mol. The Kier molecular flexibility index (Phi) is 6.48. The second kappa shape index (κ2) is 11.0. The molecule has 0 spiro atoms. The zero-order valence-corrected chi connectivity index (χ0v) is 27.0. The first kappa shape index (κ1) is 28.2. The van der Waals surface area contributed by atoms with Gasteiger partial charge in [0.05, 0.1) is 5.69 Å². The minimum Gasteiger partial charge on any atom is -0.454 e. The van der Waals surface area contributed by atoms with Crippen LogP contribution in [0.5, 0.6) is 0 Å². The molecule has 0 fully saturated rings. The number of anilines is 6. The third kappa shape index (κ3) is 4.43. The number of hydrogen-bond acceptors (Lipinski definition) is 3. The summed E-state index contributed by atoms with van der Waals surface area (Å²) in [6.45, 7) is 4.67. The number of fused-ring (bicyclic) bond motifs is 6.